The lowest BCUT2D eigenvalue weighted by atomic mass is 10.2. The van der Waals surface area contributed by atoms with Crippen molar-refractivity contribution in [2.24, 2.45) is 0 Å². The highest BCUT2D eigenvalue weighted by atomic mass is 28.4. The number of hydrogen-bond acceptors (Lipinski definition) is 2. The van der Waals surface area contributed by atoms with E-state index >= 15 is 0 Å². The van der Waals surface area contributed by atoms with Gasteiger partial charge in [-0.25, -0.2) is 0 Å². The summed E-state index contributed by atoms with van der Waals surface area (Å²) in [6.07, 6.45) is 3.87. The summed E-state index contributed by atoms with van der Waals surface area (Å²) in [5.74, 6) is 0. The highest BCUT2D eigenvalue weighted by molar-refractivity contribution is 6.74. The molecular formula is C10H19NOSi. The minimum absolute atomic E-state index is 0.226. The van der Waals surface area contributed by atoms with E-state index in [9.17, 15) is 0 Å². The van der Waals surface area contributed by atoms with Crippen LogP contribution in [-0.4, -0.2) is 8.32 Å². The molecule has 74 valence electrons. The van der Waals surface area contributed by atoms with E-state index in [-0.39, 0.29) is 5.04 Å². The monoisotopic (exact) mass is 197 g/mol. The van der Waals surface area contributed by atoms with Crippen molar-refractivity contribution in [3.05, 3.63) is 12.3 Å². The van der Waals surface area contributed by atoms with Crippen molar-refractivity contribution < 1.29 is 4.43 Å². The Kier molecular flexibility index (Phi) is 4.21. The second kappa shape index (κ2) is 4.47. The normalized spacial score (nSPS) is 12.9. The molecule has 0 N–H and O–H groups in total. The lowest BCUT2D eigenvalue weighted by Crippen LogP contribution is -2.39. The Labute approximate surface area is 82.3 Å². The van der Waals surface area contributed by atoms with Crippen LogP contribution in [0.4, 0.5) is 0 Å². The van der Waals surface area contributed by atoms with Crippen molar-refractivity contribution in [1.29, 1.82) is 5.26 Å². The van der Waals surface area contributed by atoms with Gasteiger partial charge in [-0.05, 0) is 24.2 Å². The van der Waals surface area contributed by atoms with Crippen LogP contribution in [0.5, 0.6) is 0 Å². The van der Waals surface area contributed by atoms with Gasteiger partial charge in [0.1, 0.15) is 0 Å². The van der Waals surface area contributed by atoms with Crippen molar-refractivity contribution in [3.63, 3.8) is 0 Å². The standard InChI is InChI=1S/C10H19NOSi/c1-10(2,3)13(4,5)12-9-7-6-8-11/h7,9H,6H2,1-5H3/b9-7+. The number of nitrogens with zero attached hydrogens (tertiary/aromatic N) is 1. The van der Waals surface area contributed by atoms with Gasteiger partial charge in [0.05, 0.1) is 18.8 Å². The second-order valence-electron chi connectivity index (χ2n) is 4.61. The van der Waals surface area contributed by atoms with E-state index in [2.05, 4.69) is 33.9 Å². The molecule has 0 aromatic heterocycles. The summed E-state index contributed by atoms with van der Waals surface area (Å²) in [7, 11) is -1.65. The molecule has 0 saturated carbocycles. The SMILES string of the molecule is CC(C)(C)[Si](C)(C)O/C=C/CC#N. The van der Waals surface area contributed by atoms with Gasteiger partial charge in [0.25, 0.3) is 0 Å². The first-order valence-corrected chi connectivity index (χ1v) is 7.42. The largest absolute Gasteiger partial charge is 0.549 e. The number of allylic oxidation sites excluding steroid dienone is 1. The summed E-state index contributed by atoms with van der Waals surface area (Å²) >= 11 is 0. The third kappa shape index (κ3) is 4.14. The first kappa shape index (κ1) is 12.2. The Morgan fingerprint density at radius 1 is 1.38 bits per heavy atom. The average molecular weight is 197 g/mol. The highest BCUT2D eigenvalue weighted by Crippen LogP contribution is 2.36. The fourth-order valence-corrected chi connectivity index (χ4v) is 1.29. The Hall–Kier alpha value is -0.753. The summed E-state index contributed by atoms with van der Waals surface area (Å²) in [5, 5.41) is 8.54. The van der Waals surface area contributed by atoms with Crippen molar-refractivity contribution in [2.45, 2.75) is 45.3 Å². The van der Waals surface area contributed by atoms with Gasteiger partial charge in [0.15, 0.2) is 0 Å². The van der Waals surface area contributed by atoms with E-state index in [1.165, 1.54) is 0 Å². The van der Waals surface area contributed by atoms with Gasteiger partial charge < -0.3 is 4.43 Å². The van der Waals surface area contributed by atoms with E-state index in [4.69, 9.17) is 9.69 Å². The summed E-state index contributed by atoms with van der Waals surface area (Å²) in [6, 6.07) is 2.04. The molecule has 0 fully saturated rings. The topological polar surface area (TPSA) is 33.0 Å². The zero-order valence-electron chi connectivity index (χ0n) is 9.22. The molecular weight excluding hydrogens is 178 g/mol. The van der Waals surface area contributed by atoms with Crippen LogP contribution in [0.2, 0.25) is 18.1 Å². The Balaban J connectivity index is 4.13. The van der Waals surface area contributed by atoms with Gasteiger partial charge in [-0.15, -0.1) is 0 Å². The third-order valence-electron chi connectivity index (χ3n) is 2.47. The molecule has 0 saturated heterocycles. The van der Waals surface area contributed by atoms with Crippen LogP contribution in [0, 0.1) is 11.3 Å². The molecule has 2 nitrogen and oxygen atoms in total. The van der Waals surface area contributed by atoms with Gasteiger partial charge in [0, 0.05) is 0 Å². The molecule has 13 heavy (non-hydrogen) atoms. The zero-order chi connectivity index (χ0) is 10.5. The lowest BCUT2D eigenvalue weighted by Gasteiger charge is -2.34. The maximum atomic E-state index is 8.31. The van der Waals surface area contributed by atoms with Crippen LogP contribution in [-0.2, 0) is 4.43 Å². The smallest absolute Gasteiger partial charge is 0.249 e. The molecule has 0 unspecified atom stereocenters. The van der Waals surface area contributed by atoms with Crippen LogP contribution in [0.25, 0.3) is 0 Å². The molecule has 0 amide bonds. The predicted octanol–water partition coefficient (Wildman–Crippen LogP) is 3.44. The molecule has 0 spiro atoms. The molecule has 0 atom stereocenters. The van der Waals surface area contributed by atoms with Crippen LogP contribution >= 0.6 is 0 Å². The fraction of sp³-hybridized carbons (Fsp3) is 0.700. The second-order valence-corrected chi connectivity index (χ2v) is 9.37. The Bertz CT molecular complexity index is 220. The maximum Gasteiger partial charge on any atom is 0.249 e. The quantitative estimate of drug-likeness (QED) is 0.513. The molecule has 0 rings (SSSR count). The van der Waals surface area contributed by atoms with Crippen LogP contribution in [0.3, 0.4) is 0 Å². The van der Waals surface area contributed by atoms with Crippen LogP contribution in [0.15, 0.2) is 12.3 Å². The molecule has 3 heteroatoms. The summed E-state index contributed by atoms with van der Waals surface area (Å²) < 4.78 is 5.70. The van der Waals surface area contributed by atoms with Gasteiger partial charge in [0.2, 0.25) is 8.32 Å². The van der Waals surface area contributed by atoms with E-state index in [0.29, 0.717) is 6.42 Å². The minimum atomic E-state index is -1.65. The first-order valence-electron chi connectivity index (χ1n) is 4.51. The lowest BCUT2D eigenvalue weighted by molar-refractivity contribution is 0.429. The molecule has 0 aromatic carbocycles. The predicted molar refractivity (Wildman–Crippen MR) is 57.7 cm³/mol. The van der Waals surface area contributed by atoms with Gasteiger partial charge in [-0.3, -0.25) is 0 Å². The van der Waals surface area contributed by atoms with E-state index < -0.39 is 8.32 Å². The number of nitriles is 1. The average Bonchev–Trinajstić information content (AvgIpc) is 1.96. The van der Waals surface area contributed by atoms with Crippen molar-refractivity contribution in [1.82, 2.24) is 0 Å². The molecule has 0 radical (unpaired) electrons. The highest BCUT2D eigenvalue weighted by Gasteiger charge is 2.37. The Morgan fingerprint density at radius 3 is 2.31 bits per heavy atom. The summed E-state index contributed by atoms with van der Waals surface area (Å²) in [4.78, 5) is 0. The molecule has 0 aliphatic heterocycles. The summed E-state index contributed by atoms with van der Waals surface area (Å²) in [6.45, 7) is 10.9. The molecule has 0 aliphatic carbocycles. The number of rotatable bonds is 3. The van der Waals surface area contributed by atoms with E-state index in [0.717, 1.165) is 0 Å². The van der Waals surface area contributed by atoms with Crippen LogP contribution in [0.1, 0.15) is 27.2 Å². The Morgan fingerprint density at radius 2 is 1.92 bits per heavy atom. The molecule has 0 bridgehead atoms. The molecule has 0 heterocycles. The maximum absolute atomic E-state index is 8.31. The molecule has 0 aromatic rings. The first-order chi connectivity index (χ1) is 5.81. The van der Waals surface area contributed by atoms with Crippen molar-refractivity contribution in [3.8, 4) is 6.07 Å². The van der Waals surface area contributed by atoms with Gasteiger partial charge in [-0.2, -0.15) is 5.26 Å². The number of hydrogen-bond donors (Lipinski definition) is 0. The van der Waals surface area contributed by atoms with Gasteiger partial charge >= 0.3 is 0 Å². The summed E-state index contributed by atoms with van der Waals surface area (Å²) in [5.41, 5.74) is 0. The zero-order valence-corrected chi connectivity index (χ0v) is 10.2. The minimum Gasteiger partial charge on any atom is -0.549 e. The fourth-order valence-electron chi connectivity index (χ4n) is 0.496. The van der Waals surface area contributed by atoms with E-state index in [1.807, 2.05) is 6.07 Å². The van der Waals surface area contributed by atoms with Gasteiger partial charge in [-0.1, -0.05) is 20.8 Å². The third-order valence-corrected chi connectivity index (χ3v) is 6.81. The van der Waals surface area contributed by atoms with Crippen molar-refractivity contribution in [2.75, 3.05) is 0 Å². The van der Waals surface area contributed by atoms with Crippen LogP contribution < -0.4 is 0 Å². The van der Waals surface area contributed by atoms with Crippen molar-refractivity contribution >= 4 is 8.32 Å². The van der Waals surface area contributed by atoms with E-state index in [1.54, 1.807) is 12.3 Å². The molecule has 0 aliphatic rings.